The fourth-order valence-corrected chi connectivity index (χ4v) is 2.05. The molecule has 0 unspecified atom stereocenters. The molecule has 0 atom stereocenters. The highest BCUT2D eigenvalue weighted by molar-refractivity contribution is 6.08. The van der Waals surface area contributed by atoms with Gasteiger partial charge in [0.1, 0.15) is 11.8 Å². The molecule has 1 aliphatic heterocycles. The number of aliphatic imine (C=N–C) groups is 1. The predicted octanol–water partition coefficient (Wildman–Crippen LogP) is 3.49. The van der Waals surface area contributed by atoms with Gasteiger partial charge in [0.2, 0.25) is 0 Å². The quantitative estimate of drug-likeness (QED) is 0.703. The third-order valence-electron chi connectivity index (χ3n) is 2.94. The van der Waals surface area contributed by atoms with E-state index < -0.39 is 11.7 Å². The second kappa shape index (κ2) is 4.81. The van der Waals surface area contributed by atoms with Crippen LogP contribution in [0.15, 0.2) is 39.9 Å². The number of nitriles is 1. The van der Waals surface area contributed by atoms with Gasteiger partial charge >= 0.3 is 6.18 Å². The minimum absolute atomic E-state index is 0.292. The van der Waals surface area contributed by atoms with Gasteiger partial charge in [-0.15, -0.1) is 0 Å². The molecule has 2 aliphatic rings. The van der Waals surface area contributed by atoms with Crippen molar-refractivity contribution in [3.8, 4) is 6.07 Å². The van der Waals surface area contributed by atoms with Gasteiger partial charge in [0.05, 0.1) is 5.57 Å². The molecular formula is C13H11F3N2. The van der Waals surface area contributed by atoms with Gasteiger partial charge in [0.25, 0.3) is 0 Å². The van der Waals surface area contributed by atoms with Crippen LogP contribution < -0.4 is 0 Å². The number of dihydropyridines is 1. The van der Waals surface area contributed by atoms with Gasteiger partial charge in [-0.25, -0.2) is 0 Å². The molecule has 0 spiro atoms. The molecule has 18 heavy (non-hydrogen) atoms. The largest absolute Gasteiger partial charge is 0.416 e. The fourth-order valence-electron chi connectivity index (χ4n) is 2.05. The first-order chi connectivity index (χ1) is 8.50. The number of halogens is 3. The zero-order valence-electron chi connectivity index (χ0n) is 9.59. The Hall–Kier alpha value is -1.83. The van der Waals surface area contributed by atoms with Gasteiger partial charge < -0.3 is 0 Å². The first-order valence-electron chi connectivity index (χ1n) is 5.64. The van der Waals surface area contributed by atoms with Crippen LogP contribution in [0.3, 0.4) is 0 Å². The highest BCUT2D eigenvalue weighted by atomic mass is 19.4. The van der Waals surface area contributed by atoms with Crippen molar-refractivity contribution in [3.05, 3.63) is 34.9 Å². The van der Waals surface area contributed by atoms with E-state index in [0.29, 0.717) is 37.1 Å². The van der Waals surface area contributed by atoms with Crippen molar-refractivity contribution in [1.82, 2.24) is 0 Å². The summed E-state index contributed by atoms with van der Waals surface area (Å²) in [5.74, 6) is 0. The predicted molar refractivity (Wildman–Crippen MR) is 62.1 cm³/mol. The molecule has 0 bridgehead atoms. The first-order valence-corrected chi connectivity index (χ1v) is 5.64. The van der Waals surface area contributed by atoms with Gasteiger partial charge in [-0.3, -0.25) is 4.99 Å². The normalized spacial score (nSPS) is 20.3. The van der Waals surface area contributed by atoms with Gasteiger partial charge in [-0.2, -0.15) is 18.4 Å². The maximum absolute atomic E-state index is 12.6. The molecule has 0 aromatic carbocycles. The van der Waals surface area contributed by atoms with Gasteiger partial charge in [-0.1, -0.05) is 6.08 Å². The minimum Gasteiger partial charge on any atom is -0.274 e. The van der Waals surface area contributed by atoms with Crippen molar-refractivity contribution in [3.63, 3.8) is 0 Å². The summed E-state index contributed by atoms with van der Waals surface area (Å²) in [7, 11) is 0. The van der Waals surface area contributed by atoms with E-state index in [1.807, 2.05) is 6.07 Å². The van der Waals surface area contributed by atoms with E-state index >= 15 is 0 Å². The zero-order chi connectivity index (χ0) is 13.2. The summed E-state index contributed by atoms with van der Waals surface area (Å²) in [6, 6.07) is 1.92. The zero-order valence-corrected chi connectivity index (χ0v) is 9.59. The molecule has 0 fully saturated rings. The molecule has 0 N–H and O–H groups in total. The van der Waals surface area contributed by atoms with E-state index in [9.17, 15) is 13.2 Å². The lowest BCUT2D eigenvalue weighted by Gasteiger charge is -2.19. The minimum atomic E-state index is -4.30. The molecule has 2 rings (SSSR count). The molecule has 0 radical (unpaired) electrons. The van der Waals surface area contributed by atoms with Gasteiger partial charge in [0.15, 0.2) is 0 Å². The second-order valence-corrected chi connectivity index (χ2v) is 4.16. The molecule has 1 heterocycles. The van der Waals surface area contributed by atoms with E-state index in [0.717, 1.165) is 5.57 Å². The summed E-state index contributed by atoms with van der Waals surface area (Å²) in [4.78, 5) is 3.98. The Morgan fingerprint density at radius 1 is 1.17 bits per heavy atom. The lowest BCUT2D eigenvalue weighted by Crippen LogP contribution is -2.14. The molecule has 2 nitrogen and oxygen atoms in total. The van der Waals surface area contributed by atoms with E-state index in [1.54, 1.807) is 6.08 Å². The summed E-state index contributed by atoms with van der Waals surface area (Å²) >= 11 is 0. The van der Waals surface area contributed by atoms with Crippen LogP contribution in [0.25, 0.3) is 0 Å². The van der Waals surface area contributed by atoms with Crippen LogP contribution in [0.4, 0.5) is 13.2 Å². The summed E-state index contributed by atoms with van der Waals surface area (Å²) in [6.07, 6.45) is 1.27. The van der Waals surface area contributed by atoms with E-state index in [4.69, 9.17) is 5.26 Å². The Labute approximate surface area is 103 Å². The second-order valence-electron chi connectivity index (χ2n) is 4.16. The van der Waals surface area contributed by atoms with Crippen LogP contribution in [-0.4, -0.2) is 18.4 Å². The Morgan fingerprint density at radius 3 is 2.56 bits per heavy atom. The summed E-state index contributed by atoms with van der Waals surface area (Å²) in [6.45, 7) is 0.469. The highest BCUT2D eigenvalue weighted by Gasteiger charge is 2.33. The van der Waals surface area contributed by atoms with E-state index in [2.05, 4.69) is 4.99 Å². The topological polar surface area (TPSA) is 36.1 Å². The van der Waals surface area contributed by atoms with Crippen molar-refractivity contribution < 1.29 is 13.2 Å². The maximum atomic E-state index is 12.6. The molecule has 1 aliphatic carbocycles. The van der Waals surface area contributed by atoms with Crippen molar-refractivity contribution in [2.45, 2.75) is 25.4 Å². The van der Waals surface area contributed by atoms with Crippen LogP contribution in [0.5, 0.6) is 0 Å². The summed E-state index contributed by atoms with van der Waals surface area (Å²) in [5.41, 5.74) is 1.18. The van der Waals surface area contributed by atoms with E-state index in [1.165, 1.54) is 12.2 Å². The number of allylic oxidation sites excluding steroid dienone is 5. The third kappa shape index (κ3) is 2.70. The molecule has 0 saturated heterocycles. The first kappa shape index (κ1) is 12.6. The number of nitrogens with zero attached hydrogens (tertiary/aromatic N) is 2. The number of alkyl halides is 3. The van der Waals surface area contributed by atoms with E-state index in [-0.39, 0.29) is 0 Å². The Morgan fingerprint density at radius 2 is 1.89 bits per heavy atom. The standard InChI is InChI=1S/C13H11F3N2/c14-13(15,16)11-3-1-2-9(6-11)10-4-5-18-12(7-10)8-17/h3,6-7H,1-2,4-5H2. The molecule has 0 aromatic rings. The molecular weight excluding hydrogens is 241 g/mol. The van der Waals surface area contributed by atoms with Crippen LogP contribution in [-0.2, 0) is 0 Å². The molecule has 0 amide bonds. The fraction of sp³-hybridized carbons (Fsp3) is 0.385. The Bertz CT molecular complexity index is 513. The van der Waals surface area contributed by atoms with Gasteiger partial charge in [-0.05, 0) is 42.6 Å². The van der Waals surface area contributed by atoms with Crippen LogP contribution in [0, 0.1) is 11.3 Å². The smallest absolute Gasteiger partial charge is 0.274 e. The van der Waals surface area contributed by atoms with Crippen molar-refractivity contribution in [1.29, 1.82) is 5.26 Å². The Balaban J connectivity index is 2.28. The third-order valence-corrected chi connectivity index (χ3v) is 2.94. The number of hydrogen-bond donors (Lipinski definition) is 0. The monoisotopic (exact) mass is 252 g/mol. The highest BCUT2D eigenvalue weighted by Crippen LogP contribution is 2.34. The summed E-state index contributed by atoms with van der Waals surface area (Å²) < 4.78 is 37.8. The lowest BCUT2D eigenvalue weighted by molar-refractivity contribution is -0.0886. The van der Waals surface area contributed by atoms with Crippen LogP contribution in [0.1, 0.15) is 19.3 Å². The SMILES string of the molecule is N#CC1=NCCC(C2=CC(C(F)(F)F)=CCC2)=C1. The molecule has 94 valence electrons. The number of rotatable bonds is 1. The number of hydrogen-bond acceptors (Lipinski definition) is 2. The summed E-state index contributed by atoms with van der Waals surface area (Å²) in [5, 5.41) is 8.75. The average Bonchev–Trinajstić information content (AvgIpc) is 2.38. The van der Waals surface area contributed by atoms with Crippen molar-refractivity contribution >= 4 is 5.71 Å². The lowest BCUT2D eigenvalue weighted by atomic mass is 9.90. The van der Waals surface area contributed by atoms with Crippen LogP contribution >= 0.6 is 0 Å². The van der Waals surface area contributed by atoms with Crippen LogP contribution in [0.2, 0.25) is 0 Å². The maximum Gasteiger partial charge on any atom is 0.416 e. The van der Waals surface area contributed by atoms with Crippen molar-refractivity contribution in [2.24, 2.45) is 4.99 Å². The molecule has 0 saturated carbocycles. The molecule has 0 aromatic heterocycles. The van der Waals surface area contributed by atoms with Gasteiger partial charge in [0, 0.05) is 6.54 Å². The Kier molecular flexibility index (Phi) is 3.37. The van der Waals surface area contributed by atoms with Crippen molar-refractivity contribution in [2.75, 3.05) is 6.54 Å². The molecule has 5 heteroatoms. The average molecular weight is 252 g/mol.